The number of carbonyl (C=O) groups excluding carboxylic acids is 2. The summed E-state index contributed by atoms with van der Waals surface area (Å²) in [5, 5.41) is 11.4. The molecule has 178 valence electrons. The molecule has 2 aromatic rings. The maximum atomic E-state index is 12.9. The molecule has 2 amide bonds. The summed E-state index contributed by atoms with van der Waals surface area (Å²) in [5.74, 6) is -1.42. The zero-order valence-corrected chi connectivity index (χ0v) is 19.0. The van der Waals surface area contributed by atoms with Crippen molar-refractivity contribution in [1.29, 1.82) is 0 Å². The molecule has 2 aromatic carbocycles. The number of likely N-dealkylation sites (tertiary alicyclic amines) is 1. The van der Waals surface area contributed by atoms with Crippen LogP contribution in [0.4, 0.5) is 4.79 Å². The van der Waals surface area contributed by atoms with Crippen LogP contribution in [-0.2, 0) is 19.1 Å². The van der Waals surface area contributed by atoms with Crippen LogP contribution in [0.25, 0.3) is 11.1 Å². The van der Waals surface area contributed by atoms with E-state index in [0.29, 0.717) is 0 Å². The molecular formula is C26H28N2O6. The molecule has 0 saturated carbocycles. The van der Waals surface area contributed by atoms with E-state index in [0.717, 1.165) is 22.3 Å². The van der Waals surface area contributed by atoms with Gasteiger partial charge >= 0.3 is 12.1 Å². The van der Waals surface area contributed by atoms with E-state index in [1.54, 1.807) is 13.0 Å². The number of carboxylic acid groups (broad SMARTS) is 1. The summed E-state index contributed by atoms with van der Waals surface area (Å²) in [4.78, 5) is 37.8. The highest BCUT2D eigenvalue weighted by Crippen LogP contribution is 2.44. The Balaban J connectivity index is 1.35. The Bertz CT molecular complexity index is 1060. The summed E-state index contributed by atoms with van der Waals surface area (Å²) in [6, 6.07) is 15.3. The van der Waals surface area contributed by atoms with Crippen LogP contribution in [0.2, 0.25) is 0 Å². The molecule has 8 heteroatoms. The molecule has 1 unspecified atom stereocenters. The number of hydrogen-bond donors (Lipinski definition) is 2. The van der Waals surface area contributed by atoms with Gasteiger partial charge in [0.15, 0.2) is 0 Å². The Morgan fingerprint density at radius 1 is 1.15 bits per heavy atom. The lowest BCUT2D eigenvalue weighted by Gasteiger charge is -2.48. The standard InChI is InChI=1S/C26H28N2O6/c1-3-8-22(24(31)28-15-26(2,16-28)34-14-23(29)30)27-25(32)33-13-21-19-11-6-4-9-17(19)18-10-5-7-12-20(18)21/h3-7,9-12,21-22H,1,8,13-16H2,2H3,(H,27,32)(H,29,30). The number of nitrogens with zero attached hydrogens (tertiary/aromatic N) is 1. The number of alkyl carbamates (subject to hydrolysis) is 1. The first-order chi connectivity index (χ1) is 16.3. The molecule has 8 nitrogen and oxygen atoms in total. The second kappa shape index (κ2) is 9.69. The Hall–Kier alpha value is -3.65. The first kappa shape index (κ1) is 23.5. The van der Waals surface area contributed by atoms with Gasteiger partial charge in [0.25, 0.3) is 0 Å². The van der Waals surface area contributed by atoms with Gasteiger partial charge in [-0.2, -0.15) is 0 Å². The minimum absolute atomic E-state index is 0.0748. The normalized spacial score (nSPS) is 16.6. The van der Waals surface area contributed by atoms with Crippen molar-refractivity contribution in [2.45, 2.75) is 30.9 Å². The van der Waals surface area contributed by atoms with Gasteiger partial charge in [0.2, 0.25) is 5.91 Å². The third-order valence-electron chi connectivity index (χ3n) is 6.24. The molecule has 1 atom stereocenters. The number of aliphatic carboxylic acids is 1. The minimum atomic E-state index is -1.06. The number of nitrogens with one attached hydrogen (secondary N) is 1. The molecule has 2 N–H and O–H groups in total. The molecule has 1 aliphatic carbocycles. The quantitative estimate of drug-likeness (QED) is 0.553. The number of carboxylic acids is 1. The van der Waals surface area contributed by atoms with Gasteiger partial charge in [-0.25, -0.2) is 9.59 Å². The largest absolute Gasteiger partial charge is 0.480 e. The van der Waals surface area contributed by atoms with Gasteiger partial charge in [0.1, 0.15) is 24.9 Å². The number of amides is 2. The van der Waals surface area contributed by atoms with Crippen molar-refractivity contribution in [3.8, 4) is 11.1 Å². The fourth-order valence-corrected chi connectivity index (χ4v) is 4.64. The summed E-state index contributed by atoms with van der Waals surface area (Å²) in [5.41, 5.74) is 3.78. The summed E-state index contributed by atoms with van der Waals surface area (Å²) < 4.78 is 10.9. The van der Waals surface area contributed by atoms with E-state index in [4.69, 9.17) is 14.6 Å². The lowest BCUT2D eigenvalue weighted by atomic mass is 9.95. The van der Waals surface area contributed by atoms with Crippen molar-refractivity contribution < 1.29 is 29.0 Å². The smallest absolute Gasteiger partial charge is 0.407 e. The molecule has 0 spiro atoms. The van der Waals surface area contributed by atoms with Gasteiger partial charge in [-0.1, -0.05) is 54.6 Å². The van der Waals surface area contributed by atoms with E-state index in [1.165, 1.54) is 4.90 Å². The van der Waals surface area contributed by atoms with Crippen LogP contribution in [0.3, 0.4) is 0 Å². The zero-order valence-electron chi connectivity index (χ0n) is 19.0. The van der Waals surface area contributed by atoms with Gasteiger partial charge in [0, 0.05) is 5.92 Å². The third-order valence-corrected chi connectivity index (χ3v) is 6.24. The summed E-state index contributed by atoms with van der Waals surface area (Å²) in [7, 11) is 0. The molecule has 2 aliphatic rings. The maximum Gasteiger partial charge on any atom is 0.407 e. The summed E-state index contributed by atoms with van der Waals surface area (Å²) in [6.07, 6.45) is 1.13. The highest BCUT2D eigenvalue weighted by Gasteiger charge is 2.44. The topological polar surface area (TPSA) is 105 Å². The van der Waals surface area contributed by atoms with Gasteiger partial charge < -0.3 is 24.8 Å². The number of fused-ring (bicyclic) bond motifs is 3. The first-order valence-electron chi connectivity index (χ1n) is 11.2. The predicted molar refractivity (Wildman–Crippen MR) is 125 cm³/mol. The Labute approximate surface area is 198 Å². The second-order valence-corrected chi connectivity index (χ2v) is 8.87. The molecule has 0 bridgehead atoms. The molecule has 0 aromatic heterocycles. The third kappa shape index (κ3) is 4.82. The molecule has 0 radical (unpaired) electrons. The Kier molecular flexibility index (Phi) is 6.70. The van der Waals surface area contributed by atoms with E-state index in [-0.39, 0.29) is 37.9 Å². The molecule has 1 saturated heterocycles. The molecular weight excluding hydrogens is 436 g/mol. The zero-order chi connectivity index (χ0) is 24.3. The van der Waals surface area contributed by atoms with E-state index >= 15 is 0 Å². The predicted octanol–water partition coefficient (Wildman–Crippen LogP) is 3.17. The van der Waals surface area contributed by atoms with E-state index in [1.807, 2.05) is 36.4 Å². The number of carbonyl (C=O) groups is 3. The van der Waals surface area contributed by atoms with Crippen LogP contribution in [0.5, 0.6) is 0 Å². The van der Waals surface area contributed by atoms with Crippen LogP contribution in [0, 0.1) is 0 Å². The lowest BCUT2D eigenvalue weighted by molar-refractivity contribution is -0.174. The Morgan fingerprint density at radius 3 is 2.29 bits per heavy atom. The van der Waals surface area contributed by atoms with Crippen molar-refractivity contribution in [2.24, 2.45) is 0 Å². The molecule has 4 rings (SSSR count). The first-order valence-corrected chi connectivity index (χ1v) is 11.2. The van der Waals surface area contributed by atoms with Crippen LogP contribution in [0.15, 0.2) is 61.2 Å². The highest BCUT2D eigenvalue weighted by atomic mass is 16.5. The van der Waals surface area contributed by atoms with Gasteiger partial charge in [-0.15, -0.1) is 6.58 Å². The maximum absolute atomic E-state index is 12.9. The van der Waals surface area contributed by atoms with E-state index < -0.39 is 30.3 Å². The average Bonchev–Trinajstić information content (AvgIpc) is 3.12. The fraction of sp³-hybridized carbons (Fsp3) is 0.346. The summed E-state index contributed by atoms with van der Waals surface area (Å²) >= 11 is 0. The molecule has 34 heavy (non-hydrogen) atoms. The van der Waals surface area contributed by atoms with E-state index in [2.05, 4.69) is 24.0 Å². The molecule has 1 aliphatic heterocycles. The lowest BCUT2D eigenvalue weighted by Crippen LogP contribution is -2.66. The second-order valence-electron chi connectivity index (χ2n) is 8.87. The fourth-order valence-electron chi connectivity index (χ4n) is 4.64. The number of benzene rings is 2. The van der Waals surface area contributed by atoms with Gasteiger partial charge in [0.05, 0.1) is 13.1 Å². The number of rotatable bonds is 9. The molecule has 1 fully saturated rings. The van der Waals surface area contributed by atoms with Crippen LogP contribution in [-0.4, -0.2) is 65.9 Å². The number of hydrogen-bond acceptors (Lipinski definition) is 5. The summed E-state index contributed by atoms with van der Waals surface area (Å²) in [6.45, 7) is 5.65. The minimum Gasteiger partial charge on any atom is -0.480 e. The van der Waals surface area contributed by atoms with Gasteiger partial charge in [-0.3, -0.25) is 4.79 Å². The van der Waals surface area contributed by atoms with E-state index in [9.17, 15) is 14.4 Å². The number of ether oxygens (including phenoxy) is 2. The highest BCUT2D eigenvalue weighted by molar-refractivity contribution is 5.87. The molecule has 1 heterocycles. The van der Waals surface area contributed by atoms with Crippen LogP contribution < -0.4 is 5.32 Å². The Morgan fingerprint density at radius 2 is 1.74 bits per heavy atom. The van der Waals surface area contributed by atoms with Crippen LogP contribution in [0.1, 0.15) is 30.4 Å². The SMILES string of the molecule is C=CCC(NC(=O)OCC1c2ccccc2-c2ccccc21)C(=O)N1CC(C)(OCC(=O)O)C1. The van der Waals surface area contributed by atoms with Crippen molar-refractivity contribution >= 4 is 18.0 Å². The van der Waals surface area contributed by atoms with Gasteiger partial charge in [-0.05, 0) is 35.6 Å². The van der Waals surface area contributed by atoms with Crippen molar-refractivity contribution in [2.75, 3.05) is 26.3 Å². The van der Waals surface area contributed by atoms with Crippen molar-refractivity contribution in [3.63, 3.8) is 0 Å². The van der Waals surface area contributed by atoms with Crippen molar-refractivity contribution in [3.05, 3.63) is 72.3 Å². The monoisotopic (exact) mass is 464 g/mol. The average molecular weight is 465 g/mol. The van der Waals surface area contributed by atoms with Crippen molar-refractivity contribution in [1.82, 2.24) is 10.2 Å². The van der Waals surface area contributed by atoms with Crippen LogP contribution >= 0.6 is 0 Å².